The topological polar surface area (TPSA) is 87.7 Å². The first-order chi connectivity index (χ1) is 17.9. The molecule has 0 radical (unpaired) electrons. The Kier molecular flexibility index (Phi) is 7.44. The summed E-state index contributed by atoms with van der Waals surface area (Å²) in [6.45, 7) is 6.82. The number of anilines is 1. The molecule has 2 bridgehead atoms. The van der Waals surface area contributed by atoms with Crippen LogP contribution in [0, 0.1) is 24.7 Å². The Hall–Kier alpha value is -2.67. The first-order valence-electron chi connectivity index (χ1n) is 14.2. The highest BCUT2D eigenvalue weighted by molar-refractivity contribution is 6.02. The molecule has 1 spiro atoms. The average Bonchev–Trinajstić information content (AvgIpc) is 3.51. The number of unbranched alkanes of at least 4 members (excludes halogenated alkanes) is 3. The van der Waals surface area contributed by atoms with E-state index in [1.165, 1.54) is 6.42 Å². The van der Waals surface area contributed by atoms with Crippen molar-refractivity contribution in [3.05, 3.63) is 42.0 Å². The van der Waals surface area contributed by atoms with Gasteiger partial charge in [0.2, 0.25) is 17.7 Å². The van der Waals surface area contributed by atoms with Crippen molar-refractivity contribution >= 4 is 23.4 Å². The maximum atomic E-state index is 14.0. The van der Waals surface area contributed by atoms with Gasteiger partial charge in [0, 0.05) is 18.3 Å². The summed E-state index contributed by atoms with van der Waals surface area (Å²) in [5.74, 6) is -1.46. The summed E-state index contributed by atoms with van der Waals surface area (Å²) in [5, 5.41) is 6.30. The lowest BCUT2D eigenvalue weighted by molar-refractivity contribution is -0.141. The van der Waals surface area contributed by atoms with Crippen molar-refractivity contribution in [3.63, 3.8) is 0 Å². The second kappa shape index (κ2) is 10.6. The minimum Gasteiger partial charge on any atom is -0.359 e. The predicted octanol–water partition coefficient (Wildman–Crippen LogP) is 4.36. The van der Waals surface area contributed by atoms with Crippen LogP contribution in [0.25, 0.3) is 0 Å². The zero-order valence-electron chi connectivity index (χ0n) is 22.4. The fraction of sp³-hybridized carbons (Fsp3) is 0.633. The van der Waals surface area contributed by atoms with Crippen molar-refractivity contribution in [2.45, 2.75) is 95.9 Å². The molecular formula is C30H41N3O4. The third-order valence-corrected chi connectivity index (χ3v) is 8.90. The summed E-state index contributed by atoms with van der Waals surface area (Å²) in [4.78, 5) is 43.2. The van der Waals surface area contributed by atoms with Crippen LogP contribution in [-0.4, -0.2) is 53.0 Å². The number of fused-ring (bicyclic) bond motifs is 1. The van der Waals surface area contributed by atoms with Crippen LogP contribution in [0.2, 0.25) is 0 Å². The molecule has 1 aromatic carbocycles. The van der Waals surface area contributed by atoms with Crippen molar-refractivity contribution in [1.82, 2.24) is 10.2 Å². The van der Waals surface area contributed by atoms with Crippen LogP contribution in [0.4, 0.5) is 5.69 Å². The predicted molar refractivity (Wildman–Crippen MR) is 143 cm³/mol. The molecule has 7 heteroatoms. The molecule has 2 saturated heterocycles. The van der Waals surface area contributed by atoms with E-state index in [1.54, 1.807) is 4.90 Å². The standard InChI is InChI=1S/C30H41N3O4/c1-4-5-6-9-17-33-26(28(35)32-22-14-8-7-12-20(22)3)30-16-15-23(37-30)24(25(30)29(33)36)27(34)31-21-13-10-11-19(2)18-21/h10-11,13,15-16,18,20,22-26H,4-9,12,14,17H2,1-3H3,(H,31,34)(H,32,35)/t20-,22-,23+,24+,25+,26-,30-/m0/s1. The number of carbonyl (C=O) groups excluding carboxylic acids is 3. The molecule has 5 rings (SSSR count). The second-order valence-electron chi connectivity index (χ2n) is 11.5. The van der Waals surface area contributed by atoms with E-state index in [1.807, 2.05) is 43.3 Å². The Morgan fingerprint density at radius 3 is 2.70 bits per heavy atom. The minimum absolute atomic E-state index is 0.108. The SMILES string of the molecule is CCCCCCN1C(=O)[C@H]2[C@H](C(=O)Nc3cccc(C)c3)[C@H]3C=C[C@@]2(O3)[C@@H]1C(=O)N[C@H]1CCCC[C@@H]1C. The number of nitrogens with zero attached hydrogens (tertiary/aromatic N) is 1. The van der Waals surface area contributed by atoms with Crippen LogP contribution in [0.3, 0.4) is 0 Å². The van der Waals surface area contributed by atoms with E-state index in [2.05, 4.69) is 24.5 Å². The van der Waals surface area contributed by atoms with Crippen molar-refractivity contribution in [2.24, 2.45) is 17.8 Å². The van der Waals surface area contributed by atoms with Crippen LogP contribution < -0.4 is 10.6 Å². The van der Waals surface area contributed by atoms with Crippen LogP contribution >= 0.6 is 0 Å². The molecule has 4 aliphatic rings. The summed E-state index contributed by atoms with van der Waals surface area (Å²) < 4.78 is 6.46. The average molecular weight is 508 g/mol. The second-order valence-corrected chi connectivity index (χ2v) is 11.5. The summed E-state index contributed by atoms with van der Waals surface area (Å²) >= 11 is 0. The number of benzene rings is 1. The van der Waals surface area contributed by atoms with Gasteiger partial charge < -0.3 is 20.3 Å². The molecule has 3 heterocycles. The lowest BCUT2D eigenvalue weighted by Crippen LogP contribution is -2.57. The zero-order chi connectivity index (χ0) is 26.2. The lowest BCUT2D eigenvalue weighted by atomic mass is 9.74. The highest BCUT2D eigenvalue weighted by atomic mass is 16.5. The van der Waals surface area contributed by atoms with E-state index in [4.69, 9.17) is 4.74 Å². The van der Waals surface area contributed by atoms with E-state index in [9.17, 15) is 14.4 Å². The largest absolute Gasteiger partial charge is 0.359 e. The number of aryl methyl sites for hydroxylation is 1. The molecule has 7 atom stereocenters. The molecule has 3 fully saturated rings. The van der Waals surface area contributed by atoms with Crippen molar-refractivity contribution in [1.29, 1.82) is 0 Å². The Morgan fingerprint density at radius 2 is 1.95 bits per heavy atom. The number of ether oxygens (including phenoxy) is 1. The van der Waals surface area contributed by atoms with E-state index < -0.39 is 29.6 Å². The quantitative estimate of drug-likeness (QED) is 0.384. The van der Waals surface area contributed by atoms with Gasteiger partial charge in [-0.1, -0.05) is 70.2 Å². The molecule has 1 saturated carbocycles. The van der Waals surface area contributed by atoms with Gasteiger partial charge in [-0.25, -0.2) is 0 Å². The van der Waals surface area contributed by atoms with Gasteiger partial charge in [-0.05, 0) is 49.8 Å². The van der Waals surface area contributed by atoms with Gasteiger partial charge >= 0.3 is 0 Å². The monoisotopic (exact) mass is 507 g/mol. The van der Waals surface area contributed by atoms with Crippen molar-refractivity contribution in [2.75, 3.05) is 11.9 Å². The lowest BCUT2D eigenvalue weighted by Gasteiger charge is -2.36. The van der Waals surface area contributed by atoms with Gasteiger partial charge in [-0.3, -0.25) is 14.4 Å². The Balaban J connectivity index is 1.41. The fourth-order valence-corrected chi connectivity index (χ4v) is 6.96. The van der Waals surface area contributed by atoms with E-state index >= 15 is 0 Å². The van der Waals surface area contributed by atoms with Crippen molar-refractivity contribution < 1.29 is 19.1 Å². The summed E-state index contributed by atoms with van der Waals surface area (Å²) in [6, 6.07) is 6.99. The Labute approximate surface area is 220 Å². The molecule has 0 unspecified atom stereocenters. The highest BCUT2D eigenvalue weighted by Gasteiger charge is 2.72. The fourth-order valence-electron chi connectivity index (χ4n) is 6.96. The van der Waals surface area contributed by atoms with Crippen LogP contribution in [0.5, 0.6) is 0 Å². The number of amides is 3. The third kappa shape index (κ3) is 4.71. The summed E-state index contributed by atoms with van der Waals surface area (Å²) in [5.41, 5.74) is 0.652. The zero-order valence-corrected chi connectivity index (χ0v) is 22.4. The molecule has 3 aliphatic heterocycles. The molecule has 3 amide bonds. The number of carbonyl (C=O) groups is 3. The van der Waals surface area contributed by atoms with E-state index in [0.717, 1.165) is 50.5 Å². The normalized spacial score (nSPS) is 34.0. The van der Waals surface area contributed by atoms with E-state index in [0.29, 0.717) is 18.2 Å². The molecule has 200 valence electrons. The number of hydrogen-bond acceptors (Lipinski definition) is 4. The van der Waals surface area contributed by atoms with Crippen LogP contribution in [0.1, 0.15) is 70.8 Å². The molecule has 0 aromatic heterocycles. The summed E-state index contributed by atoms with van der Waals surface area (Å²) in [7, 11) is 0. The molecule has 1 aliphatic carbocycles. The first kappa shape index (κ1) is 26.0. The van der Waals surface area contributed by atoms with E-state index in [-0.39, 0.29) is 23.8 Å². The van der Waals surface area contributed by atoms with Crippen LogP contribution in [0.15, 0.2) is 36.4 Å². The Morgan fingerprint density at radius 1 is 1.14 bits per heavy atom. The maximum absolute atomic E-state index is 14.0. The van der Waals surface area contributed by atoms with Gasteiger partial charge in [-0.2, -0.15) is 0 Å². The van der Waals surface area contributed by atoms with Gasteiger partial charge in [0.25, 0.3) is 0 Å². The van der Waals surface area contributed by atoms with Crippen LogP contribution in [-0.2, 0) is 19.1 Å². The highest BCUT2D eigenvalue weighted by Crippen LogP contribution is 2.55. The molecule has 37 heavy (non-hydrogen) atoms. The Bertz CT molecular complexity index is 1070. The molecule has 1 aromatic rings. The molecule has 7 nitrogen and oxygen atoms in total. The van der Waals surface area contributed by atoms with Gasteiger partial charge in [-0.15, -0.1) is 0 Å². The minimum atomic E-state index is -1.09. The first-order valence-corrected chi connectivity index (χ1v) is 14.2. The number of nitrogens with one attached hydrogen (secondary N) is 2. The molecule has 2 N–H and O–H groups in total. The third-order valence-electron chi connectivity index (χ3n) is 8.90. The van der Waals surface area contributed by atoms with Gasteiger partial charge in [0.15, 0.2) is 0 Å². The number of rotatable bonds is 9. The maximum Gasteiger partial charge on any atom is 0.246 e. The molecular weight excluding hydrogens is 466 g/mol. The summed E-state index contributed by atoms with van der Waals surface area (Å²) in [6.07, 6.45) is 11.7. The smallest absolute Gasteiger partial charge is 0.246 e. The van der Waals surface area contributed by atoms with Gasteiger partial charge in [0.05, 0.1) is 17.9 Å². The number of likely N-dealkylation sites (tertiary alicyclic amines) is 1. The number of hydrogen-bond donors (Lipinski definition) is 2. The van der Waals surface area contributed by atoms with Crippen molar-refractivity contribution in [3.8, 4) is 0 Å². The van der Waals surface area contributed by atoms with Gasteiger partial charge in [0.1, 0.15) is 11.6 Å².